The maximum atomic E-state index is 13.2. The van der Waals surface area contributed by atoms with Gasteiger partial charge in [-0.15, -0.1) is 0 Å². The minimum Gasteiger partial charge on any atom is -0.494 e. The van der Waals surface area contributed by atoms with Crippen molar-refractivity contribution in [3.8, 4) is 5.75 Å². The molecule has 2 heterocycles. The van der Waals surface area contributed by atoms with Crippen molar-refractivity contribution >= 4 is 26.8 Å². The number of aryl methyl sites for hydroxylation is 1. The molecule has 1 aliphatic heterocycles. The van der Waals surface area contributed by atoms with Gasteiger partial charge in [-0.3, -0.25) is 9.59 Å². The highest BCUT2D eigenvalue weighted by molar-refractivity contribution is 7.89. The number of sulfonamides is 1. The van der Waals surface area contributed by atoms with Gasteiger partial charge in [-0.05, 0) is 37.3 Å². The Morgan fingerprint density at radius 2 is 1.66 bits per heavy atom. The number of hydrogen-bond acceptors (Lipinski definition) is 5. The molecule has 1 aliphatic rings. The molecular formula is C23H25N3O5S. The van der Waals surface area contributed by atoms with Crippen molar-refractivity contribution in [2.45, 2.75) is 11.8 Å². The fraction of sp³-hybridized carbons (Fsp3) is 0.304. The number of carbonyl (C=O) groups excluding carboxylic acids is 1. The molecule has 32 heavy (non-hydrogen) atoms. The Balaban J connectivity index is 1.52. The second-order valence-corrected chi connectivity index (χ2v) is 9.51. The zero-order chi connectivity index (χ0) is 22.9. The minimum atomic E-state index is -3.67. The standard InChI is InChI=1S/C23H25N3O5S/c1-3-31-17-8-10-18(11-9-17)32(29,30)26-14-12-25(13-15-26)23(28)20-16-22(27)24(2)21-7-5-4-6-19(20)21/h4-11,16H,3,12-15H2,1-2H3. The molecule has 1 fully saturated rings. The van der Waals surface area contributed by atoms with E-state index in [4.69, 9.17) is 4.74 Å². The Kier molecular flexibility index (Phi) is 6.03. The predicted octanol–water partition coefficient (Wildman–Crippen LogP) is 2.08. The van der Waals surface area contributed by atoms with Crippen LogP contribution in [0, 0.1) is 0 Å². The number of amides is 1. The molecule has 4 rings (SSSR count). The molecule has 1 aromatic heterocycles. The molecule has 0 saturated carbocycles. The number of pyridine rings is 1. The third-order valence-electron chi connectivity index (χ3n) is 5.68. The quantitative estimate of drug-likeness (QED) is 0.588. The average molecular weight is 456 g/mol. The van der Waals surface area contributed by atoms with E-state index < -0.39 is 10.0 Å². The fourth-order valence-electron chi connectivity index (χ4n) is 3.91. The summed E-state index contributed by atoms with van der Waals surface area (Å²) in [7, 11) is -2.00. The van der Waals surface area contributed by atoms with Crippen LogP contribution in [0.3, 0.4) is 0 Å². The molecule has 0 bridgehead atoms. The van der Waals surface area contributed by atoms with Crippen LogP contribution >= 0.6 is 0 Å². The fourth-order valence-corrected chi connectivity index (χ4v) is 5.34. The van der Waals surface area contributed by atoms with Gasteiger partial charge in [0.05, 0.1) is 22.6 Å². The van der Waals surface area contributed by atoms with Crippen molar-refractivity contribution < 1.29 is 17.9 Å². The van der Waals surface area contributed by atoms with Crippen LogP contribution in [0.1, 0.15) is 17.3 Å². The predicted molar refractivity (Wildman–Crippen MR) is 121 cm³/mol. The van der Waals surface area contributed by atoms with Crippen molar-refractivity contribution in [1.82, 2.24) is 13.8 Å². The number of benzene rings is 2. The largest absolute Gasteiger partial charge is 0.494 e. The van der Waals surface area contributed by atoms with E-state index in [0.29, 0.717) is 28.8 Å². The van der Waals surface area contributed by atoms with E-state index in [2.05, 4.69) is 0 Å². The summed E-state index contributed by atoms with van der Waals surface area (Å²) in [6, 6.07) is 14.9. The number of aromatic nitrogens is 1. The van der Waals surface area contributed by atoms with Gasteiger partial charge in [-0.2, -0.15) is 4.31 Å². The lowest BCUT2D eigenvalue weighted by atomic mass is 10.1. The molecule has 2 aromatic carbocycles. The van der Waals surface area contributed by atoms with Crippen molar-refractivity contribution in [1.29, 1.82) is 0 Å². The van der Waals surface area contributed by atoms with Crippen LogP contribution in [0.2, 0.25) is 0 Å². The smallest absolute Gasteiger partial charge is 0.254 e. The Hall–Kier alpha value is -3.17. The van der Waals surface area contributed by atoms with Crippen LogP contribution in [0.4, 0.5) is 0 Å². The zero-order valence-corrected chi connectivity index (χ0v) is 18.8. The molecule has 9 heteroatoms. The van der Waals surface area contributed by atoms with Gasteiger partial charge in [0.1, 0.15) is 5.75 Å². The van der Waals surface area contributed by atoms with Crippen molar-refractivity contribution in [2.75, 3.05) is 32.8 Å². The number of para-hydroxylation sites is 1. The van der Waals surface area contributed by atoms with Crippen molar-refractivity contribution in [3.63, 3.8) is 0 Å². The zero-order valence-electron chi connectivity index (χ0n) is 18.0. The molecule has 0 atom stereocenters. The van der Waals surface area contributed by atoms with Gasteiger partial charge in [0.25, 0.3) is 11.5 Å². The summed E-state index contributed by atoms with van der Waals surface area (Å²) in [5.41, 5.74) is 0.760. The van der Waals surface area contributed by atoms with Gasteiger partial charge < -0.3 is 14.2 Å². The van der Waals surface area contributed by atoms with Gasteiger partial charge in [-0.1, -0.05) is 18.2 Å². The van der Waals surface area contributed by atoms with E-state index in [0.717, 1.165) is 0 Å². The molecule has 168 valence electrons. The number of ether oxygens (including phenoxy) is 1. The first-order valence-corrected chi connectivity index (χ1v) is 11.9. The molecule has 3 aromatic rings. The lowest BCUT2D eigenvalue weighted by Crippen LogP contribution is -2.50. The van der Waals surface area contributed by atoms with E-state index in [9.17, 15) is 18.0 Å². The van der Waals surface area contributed by atoms with Gasteiger partial charge in [-0.25, -0.2) is 8.42 Å². The van der Waals surface area contributed by atoms with E-state index >= 15 is 0 Å². The normalized spacial score (nSPS) is 15.1. The molecule has 0 aliphatic carbocycles. The van der Waals surface area contributed by atoms with Crippen LogP contribution in [0.5, 0.6) is 5.75 Å². The van der Waals surface area contributed by atoms with Gasteiger partial charge >= 0.3 is 0 Å². The monoisotopic (exact) mass is 455 g/mol. The van der Waals surface area contributed by atoms with Crippen LogP contribution in [-0.2, 0) is 17.1 Å². The highest BCUT2D eigenvalue weighted by Gasteiger charge is 2.31. The lowest BCUT2D eigenvalue weighted by molar-refractivity contribution is 0.0699. The summed E-state index contributed by atoms with van der Waals surface area (Å²) < 4.78 is 34.3. The van der Waals surface area contributed by atoms with Crippen molar-refractivity contribution in [2.24, 2.45) is 7.05 Å². The molecule has 0 unspecified atom stereocenters. The minimum absolute atomic E-state index is 0.185. The number of fused-ring (bicyclic) bond motifs is 1. The highest BCUT2D eigenvalue weighted by Crippen LogP contribution is 2.23. The number of rotatable bonds is 5. The van der Waals surface area contributed by atoms with Gasteiger partial charge in [0.15, 0.2) is 0 Å². The lowest BCUT2D eigenvalue weighted by Gasteiger charge is -2.34. The topological polar surface area (TPSA) is 88.9 Å². The Labute approximate surface area is 186 Å². The third kappa shape index (κ3) is 4.01. The Bertz CT molecular complexity index is 1310. The summed E-state index contributed by atoms with van der Waals surface area (Å²) in [6.45, 7) is 3.23. The summed E-state index contributed by atoms with van der Waals surface area (Å²) in [4.78, 5) is 27.3. The molecule has 1 amide bonds. The summed E-state index contributed by atoms with van der Waals surface area (Å²) in [5, 5.41) is 0.698. The maximum absolute atomic E-state index is 13.2. The molecule has 1 saturated heterocycles. The first-order chi connectivity index (χ1) is 15.3. The first-order valence-electron chi connectivity index (χ1n) is 10.4. The number of piperazine rings is 1. The second kappa shape index (κ2) is 8.76. The molecule has 0 radical (unpaired) electrons. The van der Waals surface area contributed by atoms with Crippen LogP contribution in [0.25, 0.3) is 10.9 Å². The first kappa shape index (κ1) is 22.0. The second-order valence-electron chi connectivity index (χ2n) is 7.57. The molecule has 0 N–H and O–H groups in total. The molecular weight excluding hydrogens is 430 g/mol. The van der Waals surface area contributed by atoms with E-state index in [-0.39, 0.29) is 42.5 Å². The van der Waals surface area contributed by atoms with E-state index in [1.54, 1.807) is 30.1 Å². The van der Waals surface area contributed by atoms with Gasteiger partial charge in [0.2, 0.25) is 10.0 Å². The molecule has 0 spiro atoms. The Morgan fingerprint density at radius 3 is 2.31 bits per heavy atom. The van der Waals surface area contributed by atoms with Crippen LogP contribution < -0.4 is 10.3 Å². The van der Waals surface area contributed by atoms with Crippen molar-refractivity contribution in [3.05, 3.63) is 70.5 Å². The van der Waals surface area contributed by atoms with E-state index in [1.807, 2.05) is 25.1 Å². The van der Waals surface area contributed by atoms with Gasteiger partial charge in [0, 0.05) is 44.7 Å². The number of nitrogens with zero attached hydrogens (tertiary/aromatic N) is 3. The average Bonchev–Trinajstić information content (AvgIpc) is 2.81. The maximum Gasteiger partial charge on any atom is 0.254 e. The number of carbonyl (C=O) groups is 1. The third-order valence-corrected chi connectivity index (χ3v) is 7.60. The molecule has 8 nitrogen and oxygen atoms in total. The summed E-state index contributed by atoms with van der Waals surface area (Å²) >= 11 is 0. The summed E-state index contributed by atoms with van der Waals surface area (Å²) in [6.07, 6.45) is 0. The van der Waals surface area contributed by atoms with Crippen LogP contribution in [0.15, 0.2) is 64.3 Å². The number of hydrogen-bond donors (Lipinski definition) is 0. The highest BCUT2D eigenvalue weighted by atomic mass is 32.2. The van der Waals surface area contributed by atoms with E-state index in [1.165, 1.54) is 27.1 Å². The summed E-state index contributed by atoms with van der Waals surface area (Å²) in [5.74, 6) is 0.347. The SMILES string of the molecule is CCOc1ccc(S(=O)(=O)N2CCN(C(=O)c3cc(=O)n(C)c4ccccc34)CC2)cc1. The van der Waals surface area contributed by atoms with Crippen LogP contribution in [-0.4, -0.2) is 60.9 Å². The Morgan fingerprint density at radius 1 is 1.00 bits per heavy atom.